The summed E-state index contributed by atoms with van der Waals surface area (Å²) >= 11 is 0. The molecular weight excluding hydrogens is 377 g/mol. The lowest BCUT2D eigenvalue weighted by Crippen LogP contribution is -2.31. The maximum atomic E-state index is 12.5. The van der Waals surface area contributed by atoms with E-state index in [-0.39, 0.29) is 30.7 Å². The van der Waals surface area contributed by atoms with Gasteiger partial charge in [0.15, 0.2) is 0 Å². The van der Waals surface area contributed by atoms with E-state index in [1.54, 1.807) is 24.3 Å². The molecule has 0 unspecified atom stereocenters. The Morgan fingerprint density at radius 1 is 0.929 bits per heavy atom. The van der Waals surface area contributed by atoms with Crippen molar-refractivity contribution >= 4 is 11.8 Å². The first-order chi connectivity index (χ1) is 13.2. The molecule has 2 heterocycles. The lowest BCUT2D eigenvalue weighted by molar-refractivity contribution is -0.143. The molecule has 0 saturated heterocycles. The van der Waals surface area contributed by atoms with Crippen LogP contribution >= 0.6 is 0 Å². The SMILES string of the molecule is Cc1nn(CC(F)(F)F)c(=O)n1CCCCCN1C(=O)c2ccccc2C1=O. The van der Waals surface area contributed by atoms with Crippen molar-refractivity contribution in [3.63, 3.8) is 0 Å². The number of alkyl halides is 3. The van der Waals surface area contributed by atoms with Gasteiger partial charge in [-0.05, 0) is 38.3 Å². The third kappa shape index (κ3) is 4.00. The van der Waals surface area contributed by atoms with Crippen molar-refractivity contribution in [1.82, 2.24) is 19.2 Å². The maximum Gasteiger partial charge on any atom is 0.408 e. The number of hydrogen-bond donors (Lipinski definition) is 0. The van der Waals surface area contributed by atoms with Crippen molar-refractivity contribution in [3.8, 4) is 0 Å². The highest BCUT2D eigenvalue weighted by Crippen LogP contribution is 2.22. The molecule has 0 radical (unpaired) electrons. The zero-order valence-electron chi connectivity index (χ0n) is 15.2. The van der Waals surface area contributed by atoms with Crippen molar-refractivity contribution < 1.29 is 22.8 Å². The van der Waals surface area contributed by atoms with Crippen LogP contribution in [0.1, 0.15) is 45.8 Å². The molecule has 3 rings (SSSR count). The van der Waals surface area contributed by atoms with Crippen LogP contribution in [0.3, 0.4) is 0 Å². The van der Waals surface area contributed by atoms with Crippen molar-refractivity contribution in [1.29, 1.82) is 0 Å². The van der Waals surface area contributed by atoms with Crippen molar-refractivity contribution in [2.75, 3.05) is 6.54 Å². The topological polar surface area (TPSA) is 77.2 Å². The third-order valence-corrected chi connectivity index (χ3v) is 4.58. The average molecular weight is 396 g/mol. The number of unbranched alkanes of at least 4 members (excludes halogenated alkanes) is 2. The average Bonchev–Trinajstić information content (AvgIpc) is 3.02. The smallest absolute Gasteiger partial charge is 0.279 e. The number of halogens is 3. The minimum Gasteiger partial charge on any atom is -0.279 e. The maximum absolute atomic E-state index is 12.5. The fraction of sp³-hybridized carbons (Fsp3) is 0.444. The Morgan fingerprint density at radius 3 is 2.07 bits per heavy atom. The highest BCUT2D eigenvalue weighted by molar-refractivity contribution is 6.21. The predicted octanol–water partition coefficient (Wildman–Crippen LogP) is 2.38. The molecule has 7 nitrogen and oxygen atoms in total. The van der Waals surface area contributed by atoms with Crippen molar-refractivity contribution in [2.24, 2.45) is 0 Å². The monoisotopic (exact) mass is 396 g/mol. The normalized spacial score (nSPS) is 14.1. The summed E-state index contributed by atoms with van der Waals surface area (Å²) in [5.41, 5.74) is -0.00585. The van der Waals surface area contributed by atoms with Crippen LogP contribution in [-0.2, 0) is 13.1 Å². The summed E-state index contributed by atoms with van der Waals surface area (Å²) in [6.07, 6.45) is -2.86. The highest BCUT2D eigenvalue weighted by atomic mass is 19.4. The summed E-state index contributed by atoms with van der Waals surface area (Å²) in [4.78, 5) is 37.7. The Balaban J connectivity index is 1.51. The first-order valence-corrected chi connectivity index (χ1v) is 8.85. The van der Waals surface area contributed by atoms with Gasteiger partial charge in [-0.25, -0.2) is 9.48 Å². The molecule has 0 aliphatic carbocycles. The van der Waals surface area contributed by atoms with Gasteiger partial charge in [-0.1, -0.05) is 12.1 Å². The lowest BCUT2D eigenvalue weighted by Gasteiger charge is -2.13. The molecular formula is C18H19F3N4O3. The molecule has 1 aromatic carbocycles. The standard InChI is InChI=1S/C18H19F3N4O3/c1-12-22-25(11-18(19,20)21)17(28)23(12)9-5-2-6-10-24-15(26)13-7-3-4-8-14(13)16(24)27/h3-4,7-8H,2,5-6,9-11H2,1H3. The molecule has 10 heteroatoms. The molecule has 0 bridgehead atoms. The second-order valence-corrected chi connectivity index (χ2v) is 6.62. The number of aryl methyl sites for hydroxylation is 1. The van der Waals surface area contributed by atoms with E-state index in [0.717, 1.165) is 0 Å². The molecule has 1 aliphatic heterocycles. The quantitative estimate of drug-likeness (QED) is 0.532. The Bertz CT molecular complexity index is 927. The number of rotatable bonds is 7. The van der Waals surface area contributed by atoms with Gasteiger partial charge in [0.2, 0.25) is 0 Å². The van der Waals surface area contributed by atoms with Crippen LogP contribution in [0.2, 0.25) is 0 Å². The molecule has 0 spiro atoms. The van der Waals surface area contributed by atoms with Crippen molar-refractivity contribution in [2.45, 2.75) is 45.5 Å². The van der Waals surface area contributed by atoms with Crippen LogP contribution in [0.5, 0.6) is 0 Å². The number of benzene rings is 1. The van der Waals surface area contributed by atoms with Gasteiger partial charge in [0.05, 0.1) is 11.1 Å². The molecule has 28 heavy (non-hydrogen) atoms. The van der Waals surface area contributed by atoms with Crippen LogP contribution < -0.4 is 5.69 Å². The van der Waals surface area contributed by atoms with Gasteiger partial charge < -0.3 is 0 Å². The number of amides is 2. The Labute approximate surface area is 158 Å². The number of carbonyl (C=O) groups is 2. The first-order valence-electron chi connectivity index (χ1n) is 8.85. The number of hydrogen-bond acceptors (Lipinski definition) is 4. The second-order valence-electron chi connectivity index (χ2n) is 6.62. The Morgan fingerprint density at radius 2 is 1.50 bits per heavy atom. The van der Waals surface area contributed by atoms with Gasteiger partial charge in [-0.3, -0.25) is 19.1 Å². The van der Waals surface area contributed by atoms with Gasteiger partial charge in [-0.15, -0.1) is 0 Å². The van der Waals surface area contributed by atoms with E-state index in [9.17, 15) is 27.6 Å². The number of carbonyl (C=O) groups excluding carboxylic acids is 2. The van der Waals surface area contributed by atoms with Crippen LogP contribution in [0.4, 0.5) is 13.2 Å². The third-order valence-electron chi connectivity index (χ3n) is 4.58. The molecule has 0 atom stereocenters. The summed E-state index contributed by atoms with van der Waals surface area (Å²) < 4.78 is 39.0. The van der Waals surface area contributed by atoms with E-state index in [1.807, 2.05) is 0 Å². The minimum atomic E-state index is -4.51. The van der Waals surface area contributed by atoms with Gasteiger partial charge >= 0.3 is 11.9 Å². The fourth-order valence-corrected chi connectivity index (χ4v) is 3.24. The second kappa shape index (κ2) is 7.61. The molecule has 150 valence electrons. The summed E-state index contributed by atoms with van der Waals surface area (Å²) in [6.45, 7) is 0.546. The van der Waals surface area contributed by atoms with Gasteiger partial charge in [-0.2, -0.15) is 18.3 Å². The number of imide groups is 1. The fourth-order valence-electron chi connectivity index (χ4n) is 3.24. The molecule has 1 aliphatic rings. The Hall–Kier alpha value is -2.91. The first kappa shape index (κ1) is 19.8. The van der Waals surface area contributed by atoms with Crippen LogP contribution in [0, 0.1) is 6.92 Å². The van der Waals surface area contributed by atoms with E-state index in [2.05, 4.69) is 5.10 Å². The summed E-state index contributed by atoms with van der Waals surface area (Å²) in [6, 6.07) is 6.63. The number of nitrogens with zero attached hydrogens (tertiary/aromatic N) is 4. The van der Waals surface area contributed by atoms with E-state index in [4.69, 9.17) is 0 Å². The summed E-state index contributed by atoms with van der Waals surface area (Å²) in [7, 11) is 0. The molecule has 1 aromatic heterocycles. The van der Waals surface area contributed by atoms with Gasteiger partial charge in [0.1, 0.15) is 12.4 Å². The predicted molar refractivity (Wildman–Crippen MR) is 92.9 cm³/mol. The summed E-state index contributed by atoms with van der Waals surface area (Å²) in [5.74, 6) is -0.420. The zero-order valence-corrected chi connectivity index (χ0v) is 15.2. The van der Waals surface area contributed by atoms with Crippen molar-refractivity contribution in [3.05, 3.63) is 51.7 Å². The lowest BCUT2D eigenvalue weighted by atomic mass is 10.1. The molecule has 2 amide bonds. The van der Waals surface area contributed by atoms with E-state index in [1.165, 1.54) is 16.4 Å². The van der Waals surface area contributed by atoms with Crippen LogP contribution in [-0.4, -0.2) is 43.8 Å². The molecule has 0 saturated carbocycles. The van der Waals surface area contributed by atoms with E-state index in [0.29, 0.717) is 35.1 Å². The Kier molecular flexibility index (Phi) is 5.39. The van der Waals surface area contributed by atoms with E-state index >= 15 is 0 Å². The highest BCUT2D eigenvalue weighted by Gasteiger charge is 2.34. The zero-order chi connectivity index (χ0) is 20.5. The minimum absolute atomic E-state index is 0.217. The van der Waals surface area contributed by atoms with E-state index < -0.39 is 18.4 Å². The number of fused-ring (bicyclic) bond motifs is 1. The molecule has 0 N–H and O–H groups in total. The molecule has 2 aromatic rings. The molecule has 0 fully saturated rings. The van der Waals surface area contributed by atoms with Crippen LogP contribution in [0.15, 0.2) is 29.1 Å². The number of aromatic nitrogens is 3. The van der Waals surface area contributed by atoms with Crippen LogP contribution in [0.25, 0.3) is 0 Å². The van der Waals surface area contributed by atoms with Gasteiger partial charge in [0, 0.05) is 13.1 Å². The largest absolute Gasteiger partial charge is 0.408 e. The summed E-state index contributed by atoms with van der Waals surface area (Å²) in [5, 5.41) is 3.65. The van der Waals surface area contributed by atoms with Gasteiger partial charge in [0.25, 0.3) is 11.8 Å².